The molecule has 0 aliphatic heterocycles. The molecule has 0 radical (unpaired) electrons. The summed E-state index contributed by atoms with van der Waals surface area (Å²) in [5.41, 5.74) is 0.878. The number of ether oxygens (including phenoxy) is 1. The molecule has 1 amide bonds. The zero-order valence-corrected chi connectivity index (χ0v) is 12.5. The van der Waals surface area contributed by atoms with Gasteiger partial charge in [-0.25, -0.2) is 0 Å². The van der Waals surface area contributed by atoms with Crippen molar-refractivity contribution in [2.45, 2.75) is 11.8 Å². The maximum atomic E-state index is 11.9. The fourth-order valence-corrected chi connectivity index (χ4v) is 2.49. The van der Waals surface area contributed by atoms with Crippen LogP contribution >= 0.6 is 11.8 Å². The number of nitrogens with zero attached hydrogens (tertiary/aromatic N) is 2. The summed E-state index contributed by atoms with van der Waals surface area (Å²) in [5.74, 6) is 1.79. The summed E-state index contributed by atoms with van der Waals surface area (Å²) < 4.78 is 6.81. The maximum Gasteiger partial charge on any atom is 0.235 e. The molecule has 0 fully saturated rings. The molecule has 2 rings (SSSR count). The highest BCUT2D eigenvalue weighted by Gasteiger charge is 2.08. The van der Waals surface area contributed by atoms with Gasteiger partial charge in [-0.05, 0) is 25.1 Å². The van der Waals surface area contributed by atoms with Crippen LogP contribution in [0.1, 0.15) is 5.69 Å². The van der Waals surface area contributed by atoms with E-state index in [1.165, 1.54) is 11.8 Å². The van der Waals surface area contributed by atoms with Crippen molar-refractivity contribution in [3.8, 4) is 5.75 Å². The predicted molar refractivity (Wildman–Crippen MR) is 80.3 cm³/mol. The second-order valence-corrected chi connectivity index (χ2v) is 5.36. The Balaban J connectivity index is 1.90. The summed E-state index contributed by atoms with van der Waals surface area (Å²) in [6.07, 6.45) is 0. The third kappa shape index (κ3) is 3.77. The molecule has 2 aromatic rings. The van der Waals surface area contributed by atoms with Crippen molar-refractivity contribution in [2.75, 3.05) is 18.2 Å². The molecule has 0 atom stereocenters. The van der Waals surface area contributed by atoms with Gasteiger partial charge in [-0.15, -0.1) is 11.8 Å². The van der Waals surface area contributed by atoms with Gasteiger partial charge in [-0.1, -0.05) is 6.07 Å². The highest BCUT2D eigenvalue weighted by atomic mass is 32.2. The van der Waals surface area contributed by atoms with E-state index in [1.54, 1.807) is 18.8 Å². The van der Waals surface area contributed by atoms with Crippen molar-refractivity contribution in [3.05, 3.63) is 36.0 Å². The van der Waals surface area contributed by atoms with E-state index in [9.17, 15) is 4.79 Å². The van der Waals surface area contributed by atoms with E-state index in [0.717, 1.165) is 16.3 Å². The molecule has 0 bridgehead atoms. The Hall–Kier alpha value is -1.95. The molecule has 1 N–H and O–H groups in total. The van der Waals surface area contributed by atoms with Crippen LogP contribution in [0.3, 0.4) is 0 Å². The SMILES string of the molecule is COc1cccc(SCC(=O)Nc2cc(C)nn2C)c1. The lowest BCUT2D eigenvalue weighted by atomic mass is 10.3. The number of methoxy groups -OCH3 is 1. The molecule has 0 spiro atoms. The molecule has 0 aliphatic carbocycles. The van der Waals surface area contributed by atoms with Crippen molar-refractivity contribution < 1.29 is 9.53 Å². The number of hydrogen-bond acceptors (Lipinski definition) is 4. The molecule has 1 aromatic heterocycles. The highest BCUT2D eigenvalue weighted by Crippen LogP contribution is 2.22. The van der Waals surface area contributed by atoms with E-state index in [2.05, 4.69) is 10.4 Å². The molecule has 5 nitrogen and oxygen atoms in total. The summed E-state index contributed by atoms with van der Waals surface area (Å²) in [4.78, 5) is 12.9. The summed E-state index contributed by atoms with van der Waals surface area (Å²) in [6.45, 7) is 1.89. The van der Waals surface area contributed by atoms with Gasteiger partial charge >= 0.3 is 0 Å². The summed E-state index contributed by atoms with van der Waals surface area (Å²) in [5, 5.41) is 7.02. The standard InChI is InChI=1S/C14H17N3O2S/c1-10-7-13(17(2)16-10)15-14(18)9-20-12-6-4-5-11(8-12)19-3/h4-8H,9H2,1-3H3,(H,15,18). The minimum absolute atomic E-state index is 0.0548. The van der Waals surface area contributed by atoms with Gasteiger partial charge in [-0.2, -0.15) is 5.10 Å². The van der Waals surface area contributed by atoms with Crippen LogP contribution in [0.5, 0.6) is 5.75 Å². The summed E-state index contributed by atoms with van der Waals surface area (Å²) in [7, 11) is 3.43. The number of benzene rings is 1. The Morgan fingerprint density at radius 3 is 2.90 bits per heavy atom. The van der Waals surface area contributed by atoms with Crippen molar-refractivity contribution in [1.29, 1.82) is 0 Å². The predicted octanol–water partition coefficient (Wildman–Crippen LogP) is 2.47. The quantitative estimate of drug-likeness (QED) is 0.860. The first-order chi connectivity index (χ1) is 9.58. The fourth-order valence-electron chi connectivity index (χ4n) is 1.75. The van der Waals surface area contributed by atoms with Crippen LogP contribution in [0.25, 0.3) is 0 Å². The Labute approximate surface area is 122 Å². The Bertz CT molecular complexity index is 610. The number of anilines is 1. The molecule has 1 aromatic carbocycles. The minimum Gasteiger partial charge on any atom is -0.497 e. The number of amides is 1. The molecule has 1 heterocycles. The van der Waals surface area contributed by atoms with Crippen LogP contribution in [-0.4, -0.2) is 28.6 Å². The topological polar surface area (TPSA) is 56.1 Å². The Morgan fingerprint density at radius 1 is 1.45 bits per heavy atom. The van der Waals surface area contributed by atoms with Crippen LogP contribution < -0.4 is 10.1 Å². The highest BCUT2D eigenvalue weighted by molar-refractivity contribution is 8.00. The Morgan fingerprint density at radius 2 is 2.25 bits per heavy atom. The molecule has 0 aliphatic rings. The van der Waals surface area contributed by atoms with Crippen LogP contribution in [0.2, 0.25) is 0 Å². The number of nitrogens with one attached hydrogen (secondary N) is 1. The number of carbonyl (C=O) groups is 1. The third-order valence-corrected chi connectivity index (χ3v) is 3.67. The van der Waals surface area contributed by atoms with E-state index in [0.29, 0.717) is 11.6 Å². The molecule has 0 saturated carbocycles. The number of thioether (sulfide) groups is 1. The van der Waals surface area contributed by atoms with Crippen LogP contribution in [0.15, 0.2) is 35.2 Å². The van der Waals surface area contributed by atoms with Gasteiger partial charge < -0.3 is 10.1 Å². The van der Waals surface area contributed by atoms with Gasteiger partial charge in [0.1, 0.15) is 11.6 Å². The molecule has 6 heteroatoms. The van der Waals surface area contributed by atoms with Crippen LogP contribution in [0.4, 0.5) is 5.82 Å². The second-order valence-electron chi connectivity index (χ2n) is 4.31. The Kier molecular flexibility index (Phi) is 4.68. The number of rotatable bonds is 5. The van der Waals surface area contributed by atoms with Gasteiger partial charge in [0.25, 0.3) is 0 Å². The van der Waals surface area contributed by atoms with Crippen LogP contribution in [-0.2, 0) is 11.8 Å². The minimum atomic E-state index is -0.0548. The summed E-state index contributed by atoms with van der Waals surface area (Å²) in [6, 6.07) is 9.49. The zero-order chi connectivity index (χ0) is 14.5. The van der Waals surface area contributed by atoms with Crippen LogP contribution in [0, 0.1) is 6.92 Å². The van der Waals surface area contributed by atoms with E-state index in [1.807, 2.05) is 37.3 Å². The number of aryl methyl sites for hydroxylation is 2. The number of aromatic nitrogens is 2. The molecule has 0 saturated heterocycles. The van der Waals surface area contributed by atoms with E-state index < -0.39 is 0 Å². The maximum absolute atomic E-state index is 11.9. The average molecular weight is 291 g/mol. The lowest BCUT2D eigenvalue weighted by molar-refractivity contribution is -0.113. The normalized spacial score (nSPS) is 10.3. The fraction of sp³-hybridized carbons (Fsp3) is 0.286. The second kappa shape index (κ2) is 6.47. The molecule has 0 unspecified atom stereocenters. The van der Waals surface area contributed by atoms with Gasteiger partial charge in [0.05, 0.1) is 18.6 Å². The first kappa shape index (κ1) is 14.5. The third-order valence-electron chi connectivity index (χ3n) is 2.68. The zero-order valence-electron chi connectivity index (χ0n) is 11.7. The van der Waals surface area contributed by atoms with Gasteiger partial charge in [0.2, 0.25) is 5.91 Å². The monoisotopic (exact) mass is 291 g/mol. The van der Waals surface area contributed by atoms with E-state index >= 15 is 0 Å². The first-order valence-corrected chi connectivity index (χ1v) is 7.14. The van der Waals surface area contributed by atoms with Crippen molar-refractivity contribution in [2.24, 2.45) is 7.05 Å². The summed E-state index contributed by atoms with van der Waals surface area (Å²) >= 11 is 1.47. The van der Waals surface area contributed by atoms with Crippen molar-refractivity contribution in [1.82, 2.24) is 9.78 Å². The van der Waals surface area contributed by atoms with Gasteiger partial charge in [-0.3, -0.25) is 9.48 Å². The molecule has 20 heavy (non-hydrogen) atoms. The lowest BCUT2D eigenvalue weighted by Crippen LogP contribution is -2.16. The largest absolute Gasteiger partial charge is 0.497 e. The molecular weight excluding hydrogens is 274 g/mol. The molecule has 106 valence electrons. The number of hydrogen-bond donors (Lipinski definition) is 1. The smallest absolute Gasteiger partial charge is 0.235 e. The van der Waals surface area contributed by atoms with E-state index in [4.69, 9.17) is 4.74 Å². The first-order valence-electron chi connectivity index (χ1n) is 6.16. The lowest BCUT2D eigenvalue weighted by Gasteiger charge is -2.06. The van der Waals surface area contributed by atoms with Crippen molar-refractivity contribution >= 4 is 23.5 Å². The van der Waals surface area contributed by atoms with Gasteiger partial charge in [0, 0.05) is 18.0 Å². The van der Waals surface area contributed by atoms with E-state index in [-0.39, 0.29) is 5.91 Å². The van der Waals surface area contributed by atoms with Crippen molar-refractivity contribution in [3.63, 3.8) is 0 Å². The van der Waals surface area contributed by atoms with Gasteiger partial charge in [0.15, 0.2) is 0 Å². The molecular formula is C14H17N3O2S. The number of carbonyl (C=O) groups excluding carboxylic acids is 1. The average Bonchev–Trinajstić information content (AvgIpc) is 2.75.